The van der Waals surface area contributed by atoms with Gasteiger partial charge in [-0.15, -0.1) is 0 Å². The number of rotatable bonds is 13. The van der Waals surface area contributed by atoms with Gasteiger partial charge in [-0.3, -0.25) is 0 Å². The van der Waals surface area contributed by atoms with Gasteiger partial charge in [-0.1, -0.05) is 78.1 Å². The molecule has 0 atom stereocenters. The topological polar surface area (TPSA) is 0 Å². The molecule has 0 fully saturated rings. The van der Waals surface area contributed by atoms with Gasteiger partial charge in [0.25, 0.3) is 0 Å². The zero-order valence-corrected chi connectivity index (χ0v) is 13.1. The van der Waals surface area contributed by atoms with Crippen LogP contribution in [0.25, 0.3) is 0 Å². The molecule has 0 aromatic rings. The van der Waals surface area contributed by atoms with Crippen LogP contribution in [0.4, 0.5) is 0 Å². The molecule has 0 spiro atoms. The van der Waals surface area contributed by atoms with Crippen LogP contribution in [0.5, 0.6) is 0 Å². The molecule has 104 valence electrons. The van der Waals surface area contributed by atoms with Gasteiger partial charge in [0.1, 0.15) is 0 Å². The minimum Gasteiger partial charge on any atom is -0.179 e. The third-order valence-corrected chi connectivity index (χ3v) is 4.02. The van der Waals surface area contributed by atoms with Gasteiger partial charge < -0.3 is 0 Å². The molecule has 0 saturated carbocycles. The second kappa shape index (κ2) is 14.4. The molecule has 0 saturated heterocycles. The Morgan fingerprint density at radius 3 is 1.53 bits per heavy atom. The molecule has 0 aliphatic heterocycles. The molecule has 0 radical (unpaired) electrons. The highest BCUT2D eigenvalue weighted by atomic mass is 32.1. The van der Waals surface area contributed by atoms with Crippen LogP contribution in [0.3, 0.4) is 0 Å². The first kappa shape index (κ1) is 17.4. The molecular weight excluding hydrogens is 224 g/mol. The monoisotopic (exact) mass is 258 g/mol. The largest absolute Gasteiger partial charge is 0.179 e. The summed E-state index contributed by atoms with van der Waals surface area (Å²) in [5.74, 6) is 2.07. The number of unbranched alkanes of at least 4 members (excludes halogenated alkanes) is 6. The highest BCUT2D eigenvalue weighted by molar-refractivity contribution is 7.80. The van der Waals surface area contributed by atoms with Crippen molar-refractivity contribution in [3.63, 3.8) is 0 Å². The fraction of sp³-hybridized carbons (Fsp3) is 1.00. The van der Waals surface area contributed by atoms with Crippen LogP contribution in [0.15, 0.2) is 0 Å². The first-order valence-electron chi connectivity index (χ1n) is 7.96. The van der Waals surface area contributed by atoms with Crippen molar-refractivity contribution in [2.24, 2.45) is 5.92 Å². The average molecular weight is 259 g/mol. The fourth-order valence-electron chi connectivity index (χ4n) is 2.53. The summed E-state index contributed by atoms with van der Waals surface area (Å²) < 4.78 is 0. The molecule has 0 nitrogen and oxygen atoms in total. The number of thiol groups is 1. The van der Waals surface area contributed by atoms with E-state index in [4.69, 9.17) is 0 Å². The summed E-state index contributed by atoms with van der Waals surface area (Å²) in [6.07, 6.45) is 17.1. The molecule has 0 aliphatic rings. The van der Waals surface area contributed by atoms with Crippen LogP contribution in [0, 0.1) is 5.92 Å². The van der Waals surface area contributed by atoms with E-state index < -0.39 is 0 Å². The summed E-state index contributed by atoms with van der Waals surface area (Å²) in [4.78, 5) is 0. The first-order chi connectivity index (χ1) is 8.35. The number of hydrogen-bond donors (Lipinski definition) is 1. The molecule has 0 amide bonds. The highest BCUT2D eigenvalue weighted by Gasteiger charge is 2.07. The van der Waals surface area contributed by atoms with E-state index in [0.717, 1.165) is 11.7 Å². The van der Waals surface area contributed by atoms with Crippen LogP contribution in [0.2, 0.25) is 0 Å². The zero-order valence-electron chi connectivity index (χ0n) is 12.2. The van der Waals surface area contributed by atoms with Crippen molar-refractivity contribution >= 4 is 12.6 Å². The molecule has 0 rings (SSSR count). The van der Waals surface area contributed by atoms with Crippen molar-refractivity contribution in [3.8, 4) is 0 Å². The lowest BCUT2D eigenvalue weighted by Crippen LogP contribution is -2.01. The maximum atomic E-state index is 4.34. The summed E-state index contributed by atoms with van der Waals surface area (Å²) in [7, 11) is 0. The van der Waals surface area contributed by atoms with Gasteiger partial charge >= 0.3 is 0 Å². The maximum Gasteiger partial charge on any atom is -0.00978 e. The maximum absolute atomic E-state index is 4.34. The molecule has 17 heavy (non-hydrogen) atoms. The Morgan fingerprint density at radius 2 is 1.12 bits per heavy atom. The van der Waals surface area contributed by atoms with E-state index >= 15 is 0 Å². The molecule has 0 aliphatic carbocycles. The molecule has 0 aromatic heterocycles. The summed E-state index contributed by atoms with van der Waals surface area (Å²) in [6.45, 7) is 4.59. The van der Waals surface area contributed by atoms with Crippen LogP contribution in [0.1, 0.15) is 90.9 Å². The minimum absolute atomic E-state index is 0.996. The van der Waals surface area contributed by atoms with Crippen LogP contribution >= 0.6 is 12.6 Å². The van der Waals surface area contributed by atoms with Gasteiger partial charge in [0.2, 0.25) is 0 Å². The Kier molecular flexibility index (Phi) is 14.7. The predicted octanol–water partition coefficient (Wildman–Crippen LogP) is 6.25. The third-order valence-electron chi connectivity index (χ3n) is 3.70. The van der Waals surface area contributed by atoms with E-state index in [1.54, 1.807) is 0 Å². The van der Waals surface area contributed by atoms with Gasteiger partial charge in [-0.25, -0.2) is 0 Å². The van der Waals surface area contributed by atoms with Crippen molar-refractivity contribution in [2.75, 3.05) is 5.75 Å². The van der Waals surface area contributed by atoms with E-state index in [2.05, 4.69) is 26.5 Å². The van der Waals surface area contributed by atoms with Gasteiger partial charge in [-0.2, -0.15) is 12.6 Å². The quantitative estimate of drug-likeness (QED) is 0.293. The lowest BCUT2D eigenvalue weighted by Gasteiger charge is -2.16. The molecule has 0 aromatic carbocycles. The molecule has 0 heterocycles. The molecule has 1 heteroatoms. The lowest BCUT2D eigenvalue weighted by molar-refractivity contribution is 0.380. The summed E-state index contributed by atoms with van der Waals surface area (Å²) in [5, 5.41) is 0. The molecule has 0 bridgehead atoms. The minimum atomic E-state index is 0.996. The second-order valence-electron chi connectivity index (χ2n) is 5.43. The van der Waals surface area contributed by atoms with E-state index in [0.29, 0.717) is 0 Å². The van der Waals surface area contributed by atoms with Gasteiger partial charge in [0.05, 0.1) is 0 Å². The van der Waals surface area contributed by atoms with Gasteiger partial charge in [0.15, 0.2) is 0 Å². The van der Waals surface area contributed by atoms with Gasteiger partial charge in [-0.05, 0) is 24.5 Å². The smallest absolute Gasteiger partial charge is 0.00978 e. The van der Waals surface area contributed by atoms with Crippen molar-refractivity contribution < 1.29 is 0 Å². The van der Waals surface area contributed by atoms with E-state index in [1.807, 2.05) is 0 Å². The highest BCUT2D eigenvalue weighted by Crippen LogP contribution is 2.22. The van der Waals surface area contributed by atoms with Crippen molar-refractivity contribution in [2.45, 2.75) is 90.9 Å². The summed E-state index contributed by atoms with van der Waals surface area (Å²) in [6, 6.07) is 0. The molecule has 0 N–H and O–H groups in total. The summed E-state index contributed by atoms with van der Waals surface area (Å²) in [5.41, 5.74) is 0. The number of hydrogen-bond acceptors (Lipinski definition) is 1. The Bertz CT molecular complexity index is 121. The Balaban J connectivity index is 3.56. The SMILES string of the molecule is CCCCCCC(CCCS)CCCCCC. The van der Waals surface area contributed by atoms with E-state index in [-0.39, 0.29) is 0 Å². The average Bonchev–Trinajstić information content (AvgIpc) is 2.35. The first-order valence-corrected chi connectivity index (χ1v) is 8.59. The lowest BCUT2D eigenvalue weighted by atomic mass is 9.91. The summed E-state index contributed by atoms with van der Waals surface area (Å²) >= 11 is 4.34. The Labute approximate surface area is 115 Å². The second-order valence-corrected chi connectivity index (χ2v) is 5.88. The Hall–Kier alpha value is 0.350. The van der Waals surface area contributed by atoms with Crippen LogP contribution < -0.4 is 0 Å². The fourth-order valence-corrected chi connectivity index (χ4v) is 2.72. The van der Waals surface area contributed by atoms with Gasteiger partial charge in [0, 0.05) is 0 Å². The van der Waals surface area contributed by atoms with Crippen molar-refractivity contribution in [1.29, 1.82) is 0 Å². The van der Waals surface area contributed by atoms with E-state index in [1.165, 1.54) is 77.0 Å². The zero-order chi connectivity index (χ0) is 12.8. The standard InChI is InChI=1S/C16H34S/c1-3-5-7-9-12-16(14-11-15-17)13-10-8-6-4-2/h16-17H,3-15H2,1-2H3. The predicted molar refractivity (Wildman–Crippen MR) is 84.1 cm³/mol. The molecular formula is C16H34S. The van der Waals surface area contributed by atoms with Crippen molar-refractivity contribution in [3.05, 3.63) is 0 Å². The Morgan fingerprint density at radius 1 is 0.647 bits per heavy atom. The van der Waals surface area contributed by atoms with Crippen LogP contribution in [-0.4, -0.2) is 5.75 Å². The molecule has 0 unspecified atom stereocenters. The normalized spacial score (nSPS) is 11.3. The van der Waals surface area contributed by atoms with Crippen LogP contribution in [-0.2, 0) is 0 Å². The van der Waals surface area contributed by atoms with Crippen molar-refractivity contribution in [1.82, 2.24) is 0 Å². The van der Waals surface area contributed by atoms with E-state index in [9.17, 15) is 0 Å². The third kappa shape index (κ3) is 12.6.